The number of hydrogen-bond acceptors (Lipinski definition) is 4. The third-order valence-corrected chi connectivity index (χ3v) is 4.29. The minimum atomic E-state index is -3.80. The van der Waals surface area contributed by atoms with Gasteiger partial charge in [-0.25, -0.2) is 12.8 Å². The van der Waals surface area contributed by atoms with Crippen molar-refractivity contribution in [2.75, 3.05) is 29.5 Å². The van der Waals surface area contributed by atoms with Gasteiger partial charge in [0.1, 0.15) is 5.82 Å². The van der Waals surface area contributed by atoms with E-state index in [0.29, 0.717) is 5.69 Å². The number of nitrogens with two attached hydrogens (primary N) is 1. The molecule has 0 aliphatic heterocycles. The first kappa shape index (κ1) is 15.1. The molecule has 0 aliphatic rings. The number of nitrogens with one attached hydrogen (secondary N) is 1. The number of benzene rings is 2. The van der Waals surface area contributed by atoms with Crippen LogP contribution in [0.1, 0.15) is 0 Å². The van der Waals surface area contributed by atoms with E-state index in [-0.39, 0.29) is 10.6 Å². The topological polar surface area (TPSA) is 75.4 Å². The smallest absolute Gasteiger partial charge is 0.261 e. The summed E-state index contributed by atoms with van der Waals surface area (Å²) < 4.78 is 39.9. The van der Waals surface area contributed by atoms with E-state index in [1.807, 2.05) is 19.0 Å². The zero-order valence-electron chi connectivity index (χ0n) is 11.7. The van der Waals surface area contributed by atoms with Gasteiger partial charge in [-0.15, -0.1) is 0 Å². The van der Waals surface area contributed by atoms with Crippen molar-refractivity contribution < 1.29 is 12.8 Å². The van der Waals surface area contributed by atoms with Crippen LogP contribution in [0.2, 0.25) is 0 Å². The summed E-state index contributed by atoms with van der Waals surface area (Å²) >= 11 is 0. The Morgan fingerprint density at radius 1 is 1.10 bits per heavy atom. The van der Waals surface area contributed by atoms with Gasteiger partial charge in [0, 0.05) is 25.5 Å². The maximum Gasteiger partial charge on any atom is 0.261 e. The lowest BCUT2D eigenvalue weighted by Gasteiger charge is -2.13. The van der Waals surface area contributed by atoms with Crippen LogP contribution in [-0.2, 0) is 10.0 Å². The maximum atomic E-state index is 13.1. The van der Waals surface area contributed by atoms with E-state index in [0.717, 1.165) is 17.8 Å². The summed E-state index contributed by atoms with van der Waals surface area (Å²) in [5.74, 6) is -0.649. The number of rotatable bonds is 4. The first-order valence-electron chi connectivity index (χ1n) is 6.15. The molecule has 0 atom stereocenters. The van der Waals surface area contributed by atoms with Gasteiger partial charge in [0.2, 0.25) is 0 Å². The number of hydrogen-bond donors (Lipinski definition) is 2. The molecule has 0 fully saturated rings. The highest BCUT2D eigenvalue weighted by atomic mass is 32.2. The number of halogens is 1. The Labute approximate surface area is 123 Å². The van der Waals surface area contributed by atoms with Crippen molar-refractivity contribution in [3.63, 3.8) is 0 Å². The molecule has 0 saturated heterocycles. The average molecular weight is 309 g/mol. The minimum Gasteiger partial charge on any atom is -0.396 e. The van der Waals surface area contributed by atoms with Crippen molar-refractivity contribution in [1.82, 2.24) is 0 Å². The van der Waals surface area contributed by atoms with Crippen LogP contribution >= 0.6 is 0 Å². The minimum absolute atomic E-state index is 0.0851. The third-order valence-electron chi connectivity index (χ3n) is 2.91. The molecule has 7 heteroatoms. The molecule has 21 heavy (non-hydrogen) atoms. The summed E-state index contributed by atoms with van der Waals surface area (Å²) in [6.45, 7) is 0. The van der Waals surface area contributed by atoms with E-state index in [9.17, 15) is 12.8 Å². The van der Waals surface area contributed by atoms with E-state index in [2.05, 4.69) is 4.72 Å². The van der Waals surface area contributed by atoms with Gasteiger partial charge in [0.05, 0.1) is 10.6 Å². The second-order valence-corrected chi connectivity index (χ2v) is 6.41. The summed E-state index contributed by atoms with van der Waals surface area (Å²) in [4.78, 5) is 1.82. The Kier molecular flexibility index (Phi) is 4.04. The first-order valence-corrected chi connectivity index (χ1v) is 7.63. The lowest BCUT2D eigenvalue weighted by molar-refractivity contribution is 0.600. The Balaban J connectivity index is 2.26. The zero-order valence-corrected chi connectivity index (χ0v) is 12.5. The third kappa shape index (κ3) is 3.43. The quantitative estimate of drug-likeness (QED) is 0.850. The summed E-state index contributed by atoms with van der Waals surface area (Å²) in [5, 5.41) is 0. The Hall–Kier alpha value is -2.28. The van der Waals surface area contributed by atoms with Crippen LogP contribution in [0.25, 0.3) is 0 Å². The average Bonchev–Trinajstić information content (AvgIpc) is 2.42. The fourth-order valence-corrected chi connectivity index (χ4v) is 2.82. The highest BCUT2D eigenvalue weighted by Crippen LogP contribution is 2.21. The van der Waals surface area contributed by atoms with Crippen LogP contribution in [0.15, 0.2) is 47.4 Å². The van der Waals surface area contributed by atoms with Crippen molar-refractivity contribution in [1.29, 1.82) is 0 Å². The number of anilines is 3. The van der Waals surface area contributed by atoms with E-state index in [1.54, 1.807) is 24.3 Å². The van der Waals surface area contributed by atoms with E-state index in [1.165, 1.54) is 6.07 Å². The number of nitrogen functional groups attached to an aromatic ring is 1. The van der Waals surface area contributed by atoms with Crippen LogP contribution in [0, 0.1) is 5.82 Å². The standard InChI is InChI=1S/C14H16FN3O2S/c1-18(2)11-5-3-10(4-6-11)17-21(19,20)12-7-8-13(15)14(16)9-12/h3-9,17H,16H2,1-2H3. The highest BCUT2D eigenvalue weighted by molar-refractivity contribution is 7.92. The normalized spacial score (nSPS) is 11.2. The molecule has 2 aromatic carbocycles. The van der Waals surface area contributed by atoms with Crippen molar-refractivity contribution in [2.45, 2.75) is 4.90 Å². The Bertz CT molecular complexity index is 743. The van der Waals surface area contributed by atoms with Crippen molar-refractivity contribution >= 4 is 27.1 Å². The van der Waals surface area contributed by atoms with Crippen LogP contribution in [-0.4, -0.2) is 22.5 Å². The molecular formula is C14H16FN3O2S. The predicted molar refractivity (Wildman–Crippen MR) is 82.4 cm³/mol. The molecule has 0 aromatic heterocycles. The molecule has 3 N–H and O–H groups in total. The maximum absolute atomic E-state index is 13.1. The second kappa shape index (κ2) is 5.61. The fourth-order valence-electron chi connectivity index (χ4n) is 1.73. The van der Waals surface area contributed by atoms with Crippen molar-refractivity contribution in [2.24, 2.45) is 0 Å². The summed E-state index contributed by atoms with van der Waals surface area (Å²) in [6.07, 6.45) is 0. The van der Waals surface area contributed by atoms with Crippen molar-refractivity contribution in [3.05, 3.63) is 48.3 Å². The molecule has 0 aliphatic carbocycles. The molecule has 0 bridgehead atoms. The second-order valence-electron chi connectivity index (χ2n) is 4.73. The molecule has 0 spiro atoms. The fraction of sp³-hybridized carbons (Fsp3) is 0.143. The molecule has 5 nitrogen and oxygen atoms in total. The lowest BCUT2D eigenvalue weighted by atomic mass is 10.3. The van der Waals surface area contributed by atoms with Gasteiger partial charge in [0.15, 0.2) is 0 Å². The zero-order chi connectivity index (χ0) is 15.6. The van der Waals surface area contributed by atoms with Crippen LogP contribution in [0.3, 0.4) is 0 Å². The van der Waals surface area contributed by atoms with E-state index < -0.39 is 15.8 Å². The molecule has 0 heterocycles. The largest absolute Gasteiger partial charge is 0.396 e. The summed E-state index contributed by atoms with van der Waals surface area (Å²) in [6, 6.07) is 10.2. The Morgan fingerprint density at radius 3 is 2.24 bits per heavy atom. The molecule has 0 unspecified atom stereocenters. The van der Waals surface area contributed by atoms with Gasteiger partial charge in [-0.05, 0) is 42.5 Å². The van der Waals surface area contributed by atoms with Gasteiger partial charge in [-0.3, -0.25) is 4.72 Å². The Morgan fingerprint density at radius 2 is 1.71 bits per heavy atom. The molecule has 0 saturated carbocycles. The van der Waals surface area contributed by atoms with E-state index >= 15 is 0 Å². The van der Waals surface area contributed by atoms with E-state index in [4.69, 9.17) is 5.73 Å². The molecule has 2 aromatic rings. The predicted octanol–water partition coefficient (Wildman–Crippen LogP) is 2.27. The molecule has 0 amide bonds. The van der Waals surface area contributed by atoms with Crippen LogP contribution in [0.5, 0.6) is 0 Å². The van der Waals surface area contributed by atoms with Gasteiger partial charge >= 0.3 is 0 Å². The summed E-state index contributed by atoms with van der Waals surface area (Å²) in [7, 11) is -0.0173. The molecule has 112 valence electrons. The molecule has 0 radical (unpaired) electrons. The van der Waals surface area contributed by atoms with Gasteiger partial charge in [0.25, 0.3) is 10.0 Å². The van der Waals surface area contributed by atoms with Crippen LogP contribution in [0.4, 0.5) is 21.5 Å². The van der Waals surface area contributed by atoms with Gasteiger partial charge < -0.3 is 10.6 Å². The number of sulfonamides is 1. The molecule has 2 rings (SSSR count). The number of nitrogens with zero attached hydrogens (tertiary/aromatic N) is 1. The van der Waals surface area contributed by atoms with Gasteiger partial charge in [-0.2, -0.15) is 0 Å². The lowest BCUT2D eigenvalue weighted by Crippen LogP contribution is -2.14. The highest BCUT2D eigenvalue weighted by Gasteiger charge is 2.15. The first-order chi connectivity index (χ1) is 9.79. The molecular weight excluding hydrogens is 293 g/mol. The summed E-state index contributed by atoms with van der Waals surface area (Å²) in [5.41, 5.74) is 6.55. The van der Waals surface area contributed by atoms with Crippen molar-refractivity contribution in [3.8, 4) is 0 Å². The van der Waals surface area contributed by atoms with Gasteiger partial charge in [-0.1, -0.05) is 0 Å². The van der Waals surface area contributed by atoms with Crippen LogP contribution < -0.4 is 15.4 Å². The SMILES string of the molecule is CN(C)c1ccc(NS(=O)(=O)c2ccc(F)c(N)c2)cc1. The monoisotopic (exact) mass is 309 g/mol.